The summed E-state index contributed by atoms with van der Waals surface area (Å²) in [5, 5.41) is 2.27. The summed E-state index contributed by atoms with van der Waals surface area (Å²) in [4.78, 5) is 16.3. The molecule has 0 unspecified atom stereocenters. The number of pyridine rings is 1. The largest absolute Gasteiger partial charge is 0.484 e. The normalized spacial score (nSPS) is 22.5. The topological polar surface area (TPSA) is 60.5 Å². The first-order chi connectivity index (χ1) is 13.0. The van der Waals surface area contributed by atoms with Crippen LogP contribution in [0.25, 0.3) is 0 Å². The van der Waals surface area contributed by atoms with Crippen LogP contribution in [0, 0.1) is 5.92 Å². The van der Waals surface area contributed by atoms with Crippen molar-refractivity contribution < 1.29 is 40.6 Å². The summed E-state index contributed by atoms with van der Waals surface area (Å²) in [6.45, 7) is -3.32. The van der Waals surface area contributed by atoms with Gasteiger partial charge in [0.15, 0.2) is 6.61 Å². The molecule has 0 spiro atoms. The van der Waals surface area contributed by atoms with Crippen LogP contribution in [-0.2, 0) is 19.9 Å². The van der Waals surface area contributed by atoms with Crippen LogP contribution in [0.4, 0.5) is 26.3 Å². The van der Waals surface area contributed by atoms with Crippen LogP contribution < -0.4 is 5.32 Å². The molecular weight excluding hydrogens is 394 g/mol. The lowest BCUT2D eigenvalue weighted by Crippen LogP contribution is -2.47. The molecule has 1 amide bonds. The van der Waals surface area contributed by atoms with Gasteiger partial charge in [0.1, 0.15) is 18.0 Å². The average Bonchev–Trinajstić information content (AvgIpc) is 2.64. The van der Waals surface area contributed by atoms with Gasteiger partial charge in [-0.3, -0.25) is 9.78 Å². The highest BCUT2D eigenvalue weighted by Gasteiger charge is 2.48. The fourth-order valence-electron chi connectivity index (χ4n) is 2.59. The molecule has 1 N–H and O–H groups in total. The fourth-order valence-corrected chi connectivity index (χ4v) is 2.59. The van der Waals surface area contributed by atoms with Crippen LogP contribution in [-0.4, -0.2) is 43.5 Å². The molecule has 1 aromatic rings. The smallest absolute Gasteiger partial charge is 0.422 e. The van der Waals surface area contributed by atoms with Crippen molar-refractivity contribution in [1.82, 2.24) is 10.3 Å². The number of amides is 1. The minimum absolute atomic E-state index is 0.0183. The number of hydrogen-bond acceptors (Lipinski definition) is 4. The van der Waals surface area contributed by atoms with E-state index >= 15 is 0 Å². The Morgan fingerprint density at radius 2 is 1.86 bits per heavy atom. The van der Waals surface area contributed by atoms with E-state index in [4.69, 9.17) is 4.74 Å². The van der Waals surface area contributed by atoms with Gasteiger partial charge in [0.05, 0.1) is 11.6 Å². The second kappa shape index (κ2) is 8.21. The zero-order chi connectivity index (χ0) is 21.0. The molecule has 2 atom stereocenters. The molecule has 0 aromatic carbocycles. The van der Waals surface area contributed by atoms with E-state index in [2.05, 4.69) is 15.0 Å². The average molecular weight is 410 g/mol. The van der Waals surface area contributed by atoms with Crippen LogP contribution in [0.2, 0.25) is 0 Å². The Labute approximate surface area is 156 Å². The maximum absolute atomic E-state index is 12.8. The molecule has 5 nitrogen and oxygen atoms in total. The van der Waals surface area contributed by atoms with Crippen LogP contribution in [0.1, 0.15) is 5.69 Å². The zero-order valence-corrected chi connectivity index (χ0v) is 14.5. The Kier molecular flexibility index (Phi) is 6.37. The molecule has 0 aliphatic heterocycles. The van der Waals surface area contributed by atoms with Gasteiger partial charge in [-0.25, -0.2) is 0 Å². The minimum atomic E-state index is -4.71. The third kappa shape index (κ3) is 5.47. The number of hydrogen-bond donors (Lipinski definition) is 1. The third-order valence-corrected chi connectivity index (χ3v) is 3.76. The quantitative estimate of drug-likeness (QED) is 0.732. The second-order valence-electron chi connectivity index (χ2n) is 5.81. The lowest BCUT2D eigenvalue weighted by Gasteiger charge is -2.38. The van der Waals surface area contributed by atoms with Gasteiger partial charge in [-0.05, 0) is 30.4 Å². The number of aromatic nitrogens is 1. The number of carbonyl (C=O) groups excluding carboxylic acids is 1. The maximum Gasteiger partial charge on any atom is 0.422 e. The molecule has 0 saturated heterocycles. The van der Waals surface area contributed by atoms with Gasteiger partial charge in [-0.15, -0.1) is 0 Å². The number of ether oxygens (including phenoxy) is 2. The summed E-state index contributed by atoms with van der Waals surface area (Å²) in [6, 6.07) is 4.34. The molecule has 2 rings (SSSR count). The number of halogens is 6. The molecule has 0 radical (unpaired) electrons. The first kappa shape index (κ1) is 21.7. The number of rotatable bonds is 6. The van der Waals surface area contributed by atoms with E-state index in [9.17, 15) is 31.1 Å². The van der Waals surface area contributed by atoms with Crippen molar-refractivity contribution in [3.8, 4) is 0 Å². The van der Waals surface area contributed by atoms with Gasteiger partial charge in [0, 0.05) is 13.2 Å². The summed E-state index contributed by atoms with van der Waals surface area (Å²) >= 11 is 0. The van der Waals surface area contributed by atoms with Crippen LogP contribution in [0.5, 0.6) is 0 Å². The molecule has 0 bridgehead atoms. The van der Waals surface area contributed by atoms with Gasteiger partial charge in [-0.1, -0.05) is 6.07 Å². The molecule has 11 heteroatoms. The summed E-state index contributed by atoms with van der Waals surface area (Å²) in [5.74, 6) is -2.57. The highest BCUT2D eigenvalue weighted by molar-refractivity contribution is 5.82. The van der Waals surface area contributed by atoms with E-state index < -0.39 is 43.0 Å². The fraction of sp³-hybridized carbons (Fsp3) is 0.412. The highest BCUT2D eigenvalue weighted by Crippen LogP contribution is 2.41. The van der Waals surface area contributed by atoms with E-state index in [0.717, 1.165) is 18.2 Å². The van der Waals surface area contributed by atoms with Crippen LogP contribution in [0.3, 0.4) is 0 Å². The predicted molar refractivity (Wildman–Crippen MR) is 84.7 cm³/mol. The Morgan fingerprint density at radius 3 is 2.39 bits per heavy atom. The molecule has 1 aliphatic carbocycles. The van der Waals surface area contributed by atoms with Gasteiger partial charge >= 0.3 is 12.4 Å². The first-order valence-corrected chi connectivity index (χ1v) is 7.91. The van der Waals surface area contributed by atoms with E-state index in [0.29, 0.717) is 0 Å². The summed E-state index contributed by atoms with van der Waals surface area (Å²) in [5.41, 5.74) is -2.00. The van der Waals surface area contributed by atoms with E-state index in [1.165, 1.54) is 31.4 Å². The van der Waals surface area contributed by atoms with E-state index in [1.54, 1.807) is 0 Å². The van der Waals surface area contributed by atoms with Gasteiger partial charge in [-0.2, -0.15) is 26.3 Å². The number of nitrogens with one attached hydrogen (secondary N) is 1. The summed E-state index contributed by atoms with van der Waals surface area (Å²) in [6.07, 6.45) is -4.99. The Balaban J connectivity index is 2.46. The Morgan fingerprint density at radius 1 is 1.18 bits per heavy atom. The first-order valence-electron chi connectivity index (χ1n) is 7.91. The van der Waals surface area contributed by atoms with Gasteiger partial charge in [0.2, 0.25) is 5.91 Å². The monoisotopic (exact) mass is 410 g/mol. The molecule has 28 heavy (non-hydrogen) atoms. The lowest BCUT2D eigenvalue weighted by molar-refractivity contribution is -0.207. The zero-order valence-electron chi connectivity index (χ0n) is 14.5. The van der Waals surface area contributed by atoms with Crippen molar-refractivity contribution in [3.63, 3.8) is 0 Å². The molecule has 0 fully saturated rings. The SMILES string of the molecule is CNC(=O)[C@H]1C=C(OCC(F)(F)F)C=C[C@]1(OCC(F)(F)F)c1ccccn1. The molecule has 1 heterocycles. The van der Waals surface area contributed by atoms with Crippen molar-refractivity contribution in [2.75, 3.05) is 20.3 Å². The van der Waals surface area contributed by atoms with Gasteiger partial charge in [0.25, 0.3) is 0 Å². The molecule has 0 saturated carbocycles. The predicted octanol–water partition coefficient (Wildman–Crippen LogP) is 3.25. The summed E-state index contributed by atoms with van der Waals surface area (Å²) in [7, 11) is 1.23. The van der Waals surface area contributed by atoms with Gasteiger partial charge < -0.3 is 14.8 Å². The van der Waals surface area contributed by atoms with Crippen molar-refractivity contribution in [3.05, 3.63) is 54.1 Å². The highest BCUT2D eigenvalue weighted by atomic mass is 19.4. The van der Waals surface area contributed by atoms with Crippen molar-refractivity contribution in [2.45, 2.75) is 18.0 Å². The van der Waals surface area contributed by atoms with Crippen LogP contribution in [0.15, 0.2) is 48.4 Å². The third-order valence-electron chi connectivity index (χ3n) is 3.76. The number of alkyl halides is 6. The maximum atomic E-state index is 12.8. The molecule has 154 valence electrons. The van der Waals surface area contributed by atoms with E-state index in [-0.39, 0.29) is 11.5 Å². The Bertz CT molecular complexity index is 745. The number of carbonyl (C=O) groups is 1. The van der Waals surface area contributed by atoms with Crippen molar-refractivity contribution >= 4 is 5.91 Å². The number of nitrogens with zero attached hydrogens (tertiary/aromatic N) is 1. The Hall–Kier alpha value is -2.56. The molecule has 1 aromatic heterocycles. The van der Waals surface area contributed by atoms with Crippen molar-refractivity contribution in [1.29, 1.82) is 0 Å². The van der Waals surface area contributed by atoms with Crippen molar-refractivity contribution in [2.24, 2.45) is 5.92 Å². The second-order valence-corrected chi connectivity index (χ2v) is 5.81. The number of allylic oxidation sites excluding steroid dienone is 1. The van der Waals surface area contributed by atoms with Crippen LogP contribution >= 0.6 is 0 Å². The minimum Gasteiger partial charge on any atom is -0.484 e. The lowest BCUT2D eigenvalue weighted by atomic mass is 9.79. The molecular formula is C17H16F6N2O3. The standard InChI is InChI=1S/C17H16F6N2O3/c1-24-14(26)12-8-11(27-9-16(18,19)20)5-6-15(12,28-10-17(21,22)23)13-4-2-3-7-25-13/h2-8,12H,9-10H2,1H3,(H,24,26)/t12-,15-/m1/s1. The summed E-state index contributed by atoms with van der Waals surface area (Å²) < 4.78 is 85.3. The van der Waals surface area contributed by atoms with E-state index in [1.807, 2.05) is 0 Å². The molecule has 1 aliphatic rings.